The van der Waals surface area contributed by atoms with E-state index in [0.29, 0.717) is 0 Å². The average Bonchev–Trinajstić information content (AvgIpc) is 3.25. The number of aromatic nitrogens is 1. The van der Waals surface area contributed by atoms with E-state index in [1.807, 2.05) is 5.32 Å². The maximum Gasteiger partial charge on any atom is 0.422 e. The zero-order valence-electron chi connectivity index (χ0n) is 11.3. The van der Waals surface area contributed by atoms with Crippen LogP contribution in [0.5, 0.6) is 5.75 Å². The van der Waals surface area contributed by atoms with Gasteiger partial charge in [0.05, 0.1) is 0 Å². The van der Waals surface area contributed by atoms with Crippen LogP contribution in [0, 0.1) is 0 Å². The summed E-state index contributed by atoms with van der Waals surface area (Å²) in [4.78, 5) is 10.5. The van der Waals surface area contributed by atoms with E-state index in [-0.39, 0.29) is 22.5 Å². The van der Waals surface area contributed by atoms with Crippen molar-refractivity contribution < 1.29 is 32.3 Å². The van der Waals surface area contributed by atoms with Crippen molar-refractivity contribution in [2.45, 2.75) is 25.4 Å². The Morgan fingerprint density at radius 1 is 1.36 bits per heavy atom. The van der Waals surface area contributed by atoms with Gasteiger partial charge in [-0.25, -0.2) is 4.79 Å². The molecule has 1 heterocycles. The van der Waals surface area contributed by atoms with E-state index in [1.165, 1.54) is 37.5 Å². The molecule has 2 aromatic rings. The second kappa shape index (κ2) is 6.54. The third-order valence-corrected chi connectivity index (χ3v) is 2.43. The van der Waals surface area contributed by atoms with Gasteiger partial charge in [0, 0.05) is 0 Å². The molecule has 9 heteroatoms. The Labute approximate surface area is 122 Å². The number of amides is 1. The number of anilines is 1. The highest BCUT2D eigenvalue weighted by molar-refractivity contribution is 5.99. The summed E-state index contributed by atoms with van der Waals surface area (Å²) in [6.45, 7) is -1.50. The van der Waals surface area contributed by atoms with Crippen molar-refractivity contribution in [3.05, 3.63) is 18.2 Å². The highest BCUT2D eigenvalue weighted by atomic mass is 19.4. The Morgan fingerprint density at radius 2 is 2.05 bits per heavy atom. The third-order valence-electron chi connectivity index (χ3n) is 2.43. The molecule has 6 nitrogen and oxygen atoms in total. The van der Waals surface area contributed by atoms with Crippen molar-refractivity contribution >= 4 is 22.9 Å². The number of ether oxygens (including phenoxy) is 1. The highest BCUT2D eigenvalue weighted by Crippen LogP contribution is 2.33. The van der Waals surface area contributed by atoms with Gasteiger partial charge in [-0.1, -0.05) is 30.5 Å². The van der Waals surface area contributed by atoms with Crippen LogP contribution in [0.3, 0.4) is 0 Å². The third kappa shape index (κ3) is 4.83. The van der Waals surface area contributed by atoms with Crippen LogP contribution in [0.4, 0.5) is 23.8 Å². The van der Waals surface area contributed by atoms with Gasteiger partial charge < -0.3 is 14.4 Å². The van der Waals surface area contributed by atoms with Crippen LogP contribution in [-0.2, 0) is 0 Å². The summed E-state index contributed by atoms with van der Waals surface area (Å²) in [6, 6.07) is 4.10. The Morgan fingerprint density at radius 3 is 2.59 bits per heavy atom. The van der Waals surface area contributed by atoms with E-state index in [0.717, 1.165) is 0 Å². The van der Waals surface area contributed by atoms with Gasteiger partial charge >= 0.3 is 12.3 Å². The van der Waals surface area contributed by atoms with Crippen LogP contribution in [-0.4, -0.2) is 29.1 Å². The summed E-state index contributed by atoms with van der Waals surface area (Å²) in [5.41, 5.74) is 0.114. The lowest BCUT2D eigenvalue weighted by molar-refractivity contribution is -0.153. The van der Waals surface area contributed by atoms with Crippen molar-refractivity contribution in [1.29, 1.82) is 0 Å². The molecule has 0 aliphatic heterocycles. The number of benzene rings is 1. The highest BCUT2D eigenvalue weighted by Gasteiger charge is 2.29. The summed E-state index contributed by atoms with van der Waals surface area (Å²) in [5.74, 6) is -0.389. The van der Waals surface area contributed by atoms with Crippen LogP contribution < -0.4 is 10.1 Å². The van der Waals surface area contributed by atoms with Gasteiger partial charge in [0.15, 0.2) is 18.0 Å². The van der Waals surface area contributed by atoms with E-state index in [2.05, 4.69) is 9.89 Å². The largest absolute Gasteiger partial charge is 0.483 e. The average molecular weight is 318 g/mol. The number of carbonyl (C=O) groups is 1. The number of hydrogen-bond donors (Lipinski definition) is 2. The molecule has 1 aliphatic rings. The van der Waals surface area contributed by atoms with Gasteiger partial charge in [-0.15, -0.1) is 0 Å². The van der Waals surface area contributed by atoms with Crippen molar-refractivity contribution in [3.8, 4) is 5.75 Å². The van der Waals surface area contributed by atoms with Crippen LogP contribution in [0.1, 0.15) is 19.3 Å². The fourth-order valence-electron chi connectivity index (χ4n) is 1.43. The monoisotopic (exact) mass is 318 g/mol. The number of rotatable bonds is 3. The lowest BCUT2D eigenvalue weighted by atomic mass is 10.2. The van der Waals surface area contributed by atoms with Gasteiger partial charge in [0.1, 0.15) is 11.1 Å². The van der Waals surface area contributed by atoms with Gasteiger partial charge in [0.25, 0.3) is 0 Å². The summed E-state index contributed by atoms with van der Waals surface area (Å²) in [6.07, 6.45) is -1.42. The topological polar surface area (TPSA) is 84.6 Å². The molecule has 1 saturated carbocycles. The zero-order chi connectivity index (χ0) is 16.2. The minimum atomic E-state index is -4.50. The Bertz CT molecular complexity index is 650. The Hall–Kier alpha value is -2.45. The van der Waals surface area contributed by atoms with Gasteiger partial charge in [-0.3, -0.25) is 5.32 Å². The van der Waals surface area contributed by atoms with Crippen molar-refractivity contribution in [3.63, 3.8) is 0 Å². The molecule has 1 aliphatic carbocycles. The zero-order valence-corrected chi connectivity index (χ0v) is 11.3. The molecule has 22 heavy (non-hydrogen) atoms. The number of nitrogens with zero attached hydrogens (tertiary/aromatic N) is 1. The van der Waals surface area contributed by atoms with E-state index in [4.69, 9.17) is 9.63 Å². The number of hydrogen-bond acceptors (Lipinski definition) is 4. The van der Waals surface area contributed by atoms with Gasteiger partial charge in [-0.2, -0.15) is 13.2 Å². The fraction of sp³-hybridized carbons (Fsp3) is 0.385. The minimum Gasteiger partial charge on any atom is -0.483 e. The van der Waals surface area contributed by atoms with E-state index in [1.54, 1.807) is 0 Å². The molecule has 1 fully saturated rings. The first-order valence-corrected chi connectivity index (χ1v) is 6.45. The molecule has 1 aromatic carbocycles. The number of nitrogens with one attached hydrogen (secondary N) is 1. The maximum absolute atomic E-state index is 12.1. The molecule has 1 amide bonds. The SMILES string of the molecule is C1CC1.O=C(O)Nc1noc2cccc(OCC(F)(F)F)c12. The second-order valence-corrected chi connectivity index (χ2v) is 4.56. The van der Waals surface area contributed by atoms with Crippen molar-refractivity contribution in [2.24, 2.45) is 0 Å². The number of alkyl halides is 3. The van der Waals surface area contributed by atoms with E-state index in [9.17, 15) is 18.0 Å². The lowest BCUT2D eigenvalue weighted by Crippen LogP contribution is -2.19. The molecular formula is C13H13F3N2O4. The molecule has 0 bridgehead atoms. The maximum atomic E-state index is 12.1. The van der Waals surface area contributed by atoms with Crippen LogP contribution in [0.15, 0.2) is 22.7 Å². The predicted molar refractivity (Wildman–Crippen MR) is 71.1 cm³/mol. The predicted octanol–water partition coefficient (Wildman–Crippen LogP) is 4.03. The molecule has 120 valence electrons. The van der Waals surface area contributed by atoms with Crippen molar-refractivity contribution in [1.82, 2.24) is 5.16 Å². The van der Waals surface area contributed by atoms with E-state index >= 15 is 0 Å². The summed E-state index contributed by atoms with van der Waals surface area (Å²) in [5, 5.41) is 13.9. The molecule has 0 atom stereocenters. The molecule has 1 aromatic heterocycles. The summed E-state index contributed by atoms with van der Waals surface area (Å²) >= 11 is 0. The molecule has 0 saturated heterocycles. The molecule has 0 unspecified atom stereocenters. The van der Waals surface area contributed by atoms with Gasteiger partial charge in [0.2, 0.25) is 0 Å². The minimum absolute atomic E-state index is 0.0363. The van der Waals surface area contributed by atoms with Gasteiger partial charge in [-0.05, 0) is 12.1 Å². The smallest absolute Gasteiger partial charge is 0.422 e. The number of carboxylic acid groups (broad SMARTS) is 1. The van der Waals surface area contributed by atoms with Crippen molar-refractivity contribution in [2.75, 3.05) is 11.9 Å². The second-order valence-electron chi connectivity index (χ2n) is 4.56. The number of fused-ring (bicyclic) bond motifs is 1. The molecule has 3 rings (SSSR count). The fourth-order valence-corrected chi connectivity index (χ4v) is 1.43. The standard InChI is InChI=1S/C10H7F3N2O4.C3H6/c11-10(12,13)4-18-5-2-1-3-6-7(5)8(15-19-6)14-9(16)17;1-2-3-1/h1-3H,4H2,(H,14,15)(H,16,17);1-3H2. The first-order chi connectivity index (χ1) is 10.4. The summed E-state index contributed by atoms with van der Waals surface area (Å²) < 4.78 is 45.7. The van der Waals surface area contributed by atoms with Crippen LogP contribution >= 0.6 is 0 Å². The van der Waals surface area contributed by atoms with Crippen LogP contribution in [0.2, 0.25) is 0 Å². The van der Waals surface area contributed by atoms with E-state index < -0.39 is 18.9 Å². The lowest BCUT2D eigenvalue weighted by Gasteiger charge is -2.09. The molecular weight excluding hydrogens is 305 g/mol. The Kier molecular flexibility index (Phi) is 4.74. The molecule has 0 spiro atoms. The van der Waals surface area contributed by atoms with Crippen LogP contribution in [0.25, 0.3) is 11.0 Å². The molecule has 0 radical (unpaired) electrons. The summed E-state index contributed by atoms with van der Waals surface area (Å²) in [7, 11) is 0. The first-order valence-electron chi connectivity index (χ1n) is 6.45. The Balaban J connectivity index is 0.000000523. The quantitative estimate of drug-likeness (QED) is 0.892. The number of halogens is 3. The normalized spacial score (nSPS) is 13.2. The molecule has 2 N–H and O–H groups in total. The first kappa shape index (κ1) is 15.9.